The van der Waals surface area contributed by atoms with E-state index in [1.54, 1.807) is 12.0 Å². The van der Waals surface area contributed by atoms with Crippen molar-refractivity contribution < 1.29 is 19.4 Å². The molecule has 0 aromatic carbocycles. The number of carbonyl (C=O) groups excluding carboxylic acids is 1. The minimum atomic E-state index is -0.842. The first kappa shape index (κ1) is 15.1. The predicted octanol–water partition coefficient (Wildman–Crippen LogP) is 1.59. The van der Waals surface area contributed by atoms with E-state index in [2.05, 4.69) is 5.32 Å². The lowest BCUT2D eigenvalue weighted by Gasteiger charge is -2.35. The highest BCUT2D eigenvalue weighted by Crippen LogP contribution is 2.33. The van der Waals surface area contributed by atoms with Crippen molar-refractivity contribution in [2.75, 3.05) is 20.2 Å². The Morgan fingerprint density at radius 2 is 1.90 bits per heavy atom. The van der Waals surface area contributed by atoms with Gasteiger partial charge in [0.15, 0.2) is 0 Å². The summed E-state index contributed by atoms with van der Waals surface area (Å²) in [6, 6.07) is -0.122. The summed E-state index contributed by atoms with van der Waals surface area (Å²) in [5.41, 5.74) is -0.541. The first-order chi connectivity index (χ1) is 9.54. The van der Waals surface area contributed by atoms with Crippen molar-refractivity contribution in [1.82, 2.24) is 10.2 Å². The first-order valence-corrected chi connectivity index (χ1v) is 7.36. The molecule has 2 amide bonds. The molecule has 20 heavy (non-hydrogen) atoms. The molecule has 2 N–H and O–H groups in total. The van der Waals surface area contributed by atoms with E-state index >= 15 is 0 Å². The number of nitrogens with zero attached hydrogens (tertiary/aromatic N) is 1. The van der Waals surface area contributed by atoms with Crippen LogP contribution in [0.4, 0.5) is 4.79 Å². The van der Waals surface area contributed by atoms with Crippen LogP contribution in [0.15, 0.2) is 0 Å². The molecular weight excluding hydrogens is 260 g/mol. The van der Waals surface area contributed by atoms with Gasteiger partial charge in [-0.05, 0) is 25.7 Å². The molecule has 0 atom stereocenters. The van der Waals surface area contributed by atoms with E-state index < -0.39 is 11.5 Å². The second-order valence-corrected chi connectivity index (χ2v) is 5.91. The van der Waals surface area contributed by atoms with Crippen molar-refractivity contribution in [3.8, 4) is 0 Å². The minimum absolute atomic E-state index is 0.0211. The van der Waals surface area contributed by atoms with E-state index in [1.165, 1.54) is 0 Å². The maximum absolute atomic E-state index is 12.3. The summed E-state index contributed by atoms with van der Waals surface area (Å²) in [7, 11) is 1.70. The van der Waals surface area contributed by atoms with Crippen molar-refractivity contribution >= 4 is 12.0 Å². The molecule has 1 heterocycles. The van der Waals surface area contributed by atoms with E-state index in [9.17, 15) is 9.59 Å². The Morgan fingerprint density at radius 3 is 2.40 bits per heavy atom. The molecule has 1 saturated carbocycles. The van der Waals surface area contributed by atoms with Crippen LogP contribution in [0, 0.1) is 0 Å². The molecule has 1 aliphatic heterocycles. The Labute approximate surface area is 119 Å². The highest BCUT2D eigenvalue weighted by molar-refractivity contribution is 5.77. The van der Waals surface area contributed by atoms with Crippen LogP contribution in [0.1, 0.15) is 44.9 Å². The number of carboxylic acid groups (broad SMARTS) is 1. The van der Waals surface area contributed by atoms with Crippen molar-refractivity contribution in [1.29, 1.82) is 0 Å². The zero-order valence-corrected chi connectivity index (χ0v) is 12.1. The quantitative estimate of drug-likeness (QED) is 0.821. The number of likely N-dealkylation sites (tertiary alicyclic amines) is 1. The lowest BCUT2D eigenvalue weighted by molar-refractivity contribution is -0.138. The lowest BCUT2D eigenvalue weighted by Crippen LogP contribution is -2.54. The summed E-state index contributed by atoms with van der Waals surface area (Å²) < 4.78 is 5.29. The number of urea groups is 1. The van der Waals surface area contributed by atoms with Crippen LogP contribution in [-0.4, -0.2) is 53.8 Å². The van der Waals surface area contributed by atoms with Gasteiger partial charge in [0.25, 0.3) is 0 Å². The van der Waals surface area contributed by atoms with Gasteiger partial charge < -0.3 is 20.1 Å². The summed E-state index contributed by atoms with van der Waals surface area (Å²) in [4.78, 5) is 25.1. The first-order valence-electron chi connectivity index (χ1n) is 7.36. The average Bonchev–Trinajstić information content (AvgIpc) is 2.86. The molecule has 2 aliphatic rings. The molecule has 1 aliphatic carbocycles. The zero-order chi connectivity index (χ0) is 14.6. The van der Waals surface area contributed by atoms with Gasteiger partial charge in [-0.1, -0.05) is 12.8 Å². The number of amides is 2. The number of aliphatic carboxylic acids is 1. The fourth-order valence-electron chi connectivity index (χ4n) is 3.29. The average molecular weight is 284 g/mol. The molecule has 0 spiro atoms. The Bertz CT molecular complexity index is 358. The third-order valence-electron chi connectivity index (χ3n) is 4.48. The van der Waals surface area contributed by atoms with Gasteiger partial charge in [0.1, 0.15) is 0 Å². The summed E-state index contributed by atoms with van der Waals surface area (Å²) in [6.07, 6.45) is 5.44. The van der Waals surface area contributed by atoms with Gasteiger partial charge in [0, 0.05) is 20.2 Å². The van der Waals surface area contributed by atoms with E-state index in [1.807, 2.05) is 0 Å². The van der Waals surface area contributed by atoms with Gasteiger partial charge in [-0.2, -0.15) is 0 Å². The van der Waals surface area contributed by atoms with Crippen LogP contribution < -0.4 is 5.32 Å². The molecule has 6 heteroatoms. The Kier molecular flexibility index (Phi) is 4.86. The Hall–Kier alpha value is -1.30. The number of hydrogen-bond donors (Lipinski definition) is 2. The van der Waals surface area contributed by atoms with Gasteiger partial charge in [-0.15, -0.1) is 0 Å². The van der Waals surface area contributed by atoms with Crippen LogP contribution in [-0.2, 0) is 9.53 Å². The van der Waals surface area contributed by atoms with Crippen LogP contribution in [0.5, 0.6) is 0 Å². The second-order valence-electron chi connectivity index (χ2n) is 5.91. The number of piperidine rings is 1. The smallest absolute Gasteiger partial charge is 0.317 e. The summed E-state index contributed by atoms with van der Waals surface area (Å²) in [6.45, 7) is 1.35. The van der Waals surface area contributed by atoms with Crippen LogP contribution in [0.3, 0.4) is 0 Å². The molecular formula is C14H24N2O4. The highest BCUT2D eigenvalue weighted by Gasteiger charge is 2.38. The van der Waals surface area contributed by atoms with Crippen molar-refractivity contribution in [2.24, 2.45) is 0 Å². The molecule has 0 aromatic rings. The van der Waals surface area contributed by atoms with Crippen molar-refractivity contribution in [2.45, 2.75) is 56.6 Å². The summed E-state index contributed by atoms with van der Waals surface area (Å²) in [5, 5.41) is 12.0. The maximum Gasteiger partial charge on any atom is 0.317 e. The SMILES string of the molecule is COC1CCN(C(=O)NC2(CC(=O)O)CCCC2)CC1. The van der Waals surface area contributed by atoms with Crippen molar-refractivity contribution in [3.05, 3.63) is 0 Å². The topological polar surface area (TPSA) is 78.9 Å². The van der Waals surface area contributed by atoms with E-state index in [0.29, 0.717) is 13.1 Å². The third-order valence-corrected chi connectivity index (χ3v) is 4.48. The van der Waals surface area contributed by atoms with Gasteiger partial charge in [0.2, 0.25) is 0 Å². The largest absolute Gasteiger partial charge is 0.481 e. The molecule has 0 aromatic heterocycles. The molecule has 2 rings (SSSR count). The Morgan fingerprint density at radius 1 is 1.30 bits per heavy atom. The molecule has 0 radical (unpaired) electrons. The predicted molar refractivity (Wildman–Crippen MR) is 73.6 cm³/mol. The van der Waals surface area contributed by atoms with E-state index in [0.717, 1.165) is 38.5 Å². The van der Waals surface area contributed by atoms with Gasteiger partial charge in [0.05, 0.1) is 18.1 Å². The van der Waals surface area contributed by atoms with E-state index in [4.69, 9.17) is 9.84 Å². The normalized spacial score (nSPS) is 22.8. The summed E-state index contributed by atoms with van der Waals surface area (Å²) in [5.74, 6) is -0.842. The molecule has 0 bridgehead atoms. The zero-order valence-electron chi connectivity index (χ0n) is 12.1. The second kappa shape index (κ2) is 6.43. The molecule has 1 saturated heterocycles. The maximum atomic E-state index is 12.3. The fraction of sp³-hybridized carbons (Fsp3) is 0.857. The number of rotatable bonds is 4. The van der Waals surface area contributed by atoms with Crippen LogP contribution >= 0.6 is 0 Å². The Balaban J connectivity index is 1.90. The van der Waals surface area contributed by atoms with E-state index in [-0.39, 0.29) is 18.6 Å². The fourth-order valence-corrected chi connectivity index (χ4v) is 3.29. The number of hydrogen-bond acceptors (Lipinski definition) is 3. The standard InChI is InChI=1S/C14H24N2O4/c1-20-11-4-8-16(9-5-11)13(19)15-14(10-12(17)18)6-2-3-7-14/h11H,2-10H2,1H3,(H,15,19)(H,17,18). The van der Waals surface area contributed by atoms with Gasteiger partial charge in [-0.25, -0.2) is 4.79 Å². The summed E-state index contributed by atoms with van der Waals surface area (Å²) >= 11 is 0. The number of carboxylic acids is 1. The number of carbonyl (C=O) groups is 2. The number of ether oxygens (including phenoxy) is 1. The third kappa shape index (κ3) is 3.62. The van der Waals surface area contributed by atoms with Crippen LogP contribution in [0.2, 0.25) is 0 Å². The van der Waals surface area contributed by atoms with Gasteiger partial charge >= 0.3 is 12.0 Å². The van der Waals surface area contributed by atoms with Gasteiger partial charge in [-0.3, -0.25) is 4.79 Å². The molecule has 0 unspecified atom stereocenters. The lowest BCUT2D eigenvalue weighted by atomic mass is 9.93. The minimum Gasteiger partial charge on any atom is -0.481 e. The monoisotopic (exact) mass is 284 g/mol. The van der Waals surface area contributed by atoms with Crippen LogP contribution in [0.25, 0.3) is 0 Å². The number of methoxy groups -OCH3 is 1. The van der Waals surface area contributed by atoms with Crippen molar-refractivity contribution in [3.63, 3.8) is 0 Å². The highest BCUT2D eigenvalue weighted by atomic mass is 16.5. The molecule has 6 nitrogen and oxygen atoms in total. The molecule has 114 valence electrons. The number of nitrogens with one attached hydrogen (secondary N) is 1. The molecule has 2 fully saturated rings.